The fraction of sp³-hybridized carbons (Fsp3) is 0.913. The van der Waals surface area contributed by atoms with E-state index < -0.39 is 0 Å². The summed E-state index contributed by atoms with van der Waals surface area (Å²) in [4.78, 5) is 30.3. The van der Waals surface area contributed by atoms with Crippen molar-refractivity contribution in [3.8, 4) is 0 Å². The molecular weight excluding hydrogens is 336 g/mol. The number of amides is 2. The van der Waals surface area contributed by atoms with Crippen LogP contribution in [0.5, 0.6) is 0 Å². The fourth-order valence-electron chi connectivity index (χ4n) is 7.63. The summed E-state index contributed by atoms with van der Waals surface area (Å²) >= 11 is 0. The maximum atomic E-state index is 13.5. The van der Waals surface area contributed by atoms with Crippen molar-refractivity contribution >= 4 is 11.8 Å². The lowest BCUT2D eigenvalue weighted by molar-refractivity contribution is -0.160. The average Bonchev–Trinajstić information content (AvgIpc) is 2.67. The molecule has 0 N–H and O–H groups in total. The summed E-state index contributed by atoms with van der Waals surface area (Å²) < 4.78 is 0. The minimum atomic E-state index is -0.0248. The lowest BCUT2D eigenvalue weighted by Crippen LogP contribution is -2.58. The third-order valence-electron chi connectivity index (χ3n) is 8.60. The molecule has 5 aliphatic carbocycles. The number of carbonyl (C=O) groups excluding carboxylic acids is 2. The minimum absolute atomic E-state index is 0.0248. The third kappa shape index (κ3) is 3.42. The number of hydrogen-bond acceptors (Lipinski definition) is 2. The van der Waals surface area contributed by atoms with E-state index in [1.54, 1.807) is 0 Å². The van der Waals surface area contributed by atoms with E-state index in [2.05, 4.69) is 4.90 Å². The van der Waals surface area contributed by atoms with Gasteiger partial charge in [0, 0.05) is 32.6 Å². The molecule has 0 spiro atoms. The van der Waals surface area contributed by atoms with Gasteiger partial charge in [-0.05, 0) is 75.0 Å². The molecular formula is C23H36N2O2. The first-order valence-corrected chi connectivity index (χ1v) is 11.7. The van der Waals surface area contributed by atoms with Gasteiger partial charge < -0.3 is 9.80 Å². The van der Waals surface area contributed by atoms with Crippen LogP contribution in [0.4, 0.5) is 0 Å². The second-order valence-corrected chi connectivity index (χ2v) is 10.6. The van der Waals surface area contributed by atoms with E-state index in [1.807, 2.05) is 4.90 Å². The Bertz CT molecular complexity index is 552. The molecule has 0 aromatic heterocycles. The summed E-state index contributed by atoms with van der Waals surface area (Å²) in [6, 6.07) is 0. The van der Waals surface area contributed by atoms with Crippen LogP contribution in [0.2, 0.25) is 0 Å². The van der Waals surface area contributed by atoms with Crippen LogP contribution < -0.4 is 0 Å². The van der Waals surface area contributed by atoms with Crippen LogP contribution >= 0.6 is 0 Å². The smallest absolute Gasteiger partial charge is 0.228 e. The molecule has 2 amide bonds. The van der Waals surface area contributed by atoms with E-state index >= 15 is 0 Å². The summed E-state index contributed by atoms with van der Waals surface area (Å²) in [5.74, 6) is 3.85. The largest absolute Gasteiger partial charge is 0.339 e. The number of nitrogens with zero attached hydrogens (tertiary/aromatic N) is 2. The molecule has 6 fully saturated rings. The Morgan fingerprint density at radius 2 is 1.26 bits per heavy atom. The van der Waals surface area contributed by atoms with Gasteiger partial charge in [0.1, 0.15) is 0 Å². The van der Waals surface area contributed by atoms with E-state index in [0.717, 1.165) is 69.6 Å². The molecule has 0 atom stereocenters. The zero-order chi connectivity index (χ0) is 18.4. The molecule has 0 aromatic rings. The summed E-state index contributed by atoms with van der Waals surface area (Å²) in [6.07, 6.45) is 14.7. The van der Waals surface area contributed by atoms with Crippen molar-refractivity contribution < 1.29 is 9.59 Å². The van der Waals surface area contributed by atoms with Crippen LogP contribution in [-0.4, -0.2) is 47.8 Å². The van der Waals surface area contributed by atoms with Gasteiger partial charge in [0.2, 0.25) is 11.8 Å². The molecule has 6 rings (SSSR count). The lowest BCUT2D eigenvalue weighted by Gasteiger charge is -2.57. The van der Waals surface area contributed by atoms with E-state index in [1.165, 1.54) is 51.4 Å². The Hall–Kier alpha value is -1.06. The van der Waals surface area contributed by atoms with Gasteiger partial charge in [-0.25, -0.2) is 0 Å². The number of rotatable bonds is 3. The maximum Gasteiger partial charge on any atom is 0.228 e. The molecule has 4 bridgehead atoms. The van der Waals surface area contributed by atoms with Crippen molar-refractivity contribution in [2.45, 2.75) is 77.0 Å². The van der Waals surface area contributed by atoms with Crippen molar-refractivity contribution in [2.24, 2.45) is 29.1 Å². The topological polar surface area (TPSA) is 40.6 Å². The second kappa shape index (κ2) is 7.08. The maximum absolute atomic E-state index is 13.5. The van der Waals surface area contributed by atoms with Gasteiger partial charge in [0.15, 0.2) is 0 Å². The Labute approximate surface area is 164 Å². The van der Waals surface area contributed by atoms with Crippen LogP contribution in [0.1, 0.15) is 77.0 Å². The lowest BCUT2D eigenvalue weighted by atomic mass is 9.49. The van der Waals surface area contributed by atoms with Crippen molar-refractivity contribution in [3.63, 3.8) is 0 Å². The number of piperazine rings is 1. The monoisotopic (exact) mass is 372 g/mol. The zero-order valence-electron chi connectivity index (χ0n) is 16.8. The first kappa shape index (κ1) is 18.0. The van der Waals surface area contributed by atoms with E-state index in [0.29, 0.717) is 17.7 Å². The molecule has 0 radical (unpaired) electrons. The van der Waals surface area contributed by atoms with Gasteiger partial charge in [-0.15, -0.1) is 0 Å². The van der Waals surface area contributed by atoms with Gasteiger partial charge in [0.25, 0.3) is 0 Å². The van der Waals surface area contributed by atoms with Gasteiger partial charge in [-0.2, -0.15) is 0 Å². The van der Waals surface area contributed by atoms with Gasteiger partial charge in [-0.1, -0.05) is 19.3 Å². The zero-order valence-corrected chi connectivity index (χ0v) is 16.8. The summed E-state index contributed by atoms with van der Waals surface area (Å²) in [7, 11) is 0. The highest BCUT2D eigenvalue weighted by Crippen LogP contribution is 2.60. The Balaban J connectivity index is 1.16. The molecule has 150 valence electrons. The molecule has 1 aliphatic heterocycles. The van der Waals surface area contributed by atoms with E-state index in [-0.39, 0.29) is 5.41 Å². The number of hydrogen-bond donors (Lipinski definition) is 0. The highest BCUT2D eigenvalue weighted by Gasteiger charge is 2.55. The van der Waals surface area contributed by atoms with Gasteiger partial charge >= 0.3 is 0 Å². The van der Waals surface area contributed by atoms with Crippen molar-refractivity contribution in [1.29, 1.82) is 0 Å². The highest BCUT2D eigenvalue weighted by atomic mass is 16.2. The molecule has 27 heavy (non-hydrogen) atoms. The first-order chi connectivity index (χ1) is 13.1. The van der Waals surface area contributed by atoms with Crippen molar-refractivity contribution in [2.75, 3.05) is 26.2 Å². The molecule has 4 heteroatoms. The molecule has 4 nitrogen and oxygen atoms in total. The normalized spacial score (nSPS) is 39.0. The Kier molecular flexibility index (Phi) is 4.72. The Morgan fingerprint density at radius 1 is 0.741 bits per heavy atom. The first-order valence-electron chi connectivity index (χ1n) is 11.7. The average molecular weight is 373 g/mol. The van der Waals surface area contributed by atoms with Gasteiger partial charge in [-0.3, -0.25) is 9.59 Å². The van der Waals surface area contributed by atoms with Crippen molar-refractivity contribution in [1.82, 2.24) is 9.80 Å². The fourth-order valence-corrected chi connectivity index (χ4v) is 7.63. The van der Waals surface area contributed by atoms with Crippen LogP contribution in [0, 0.1) is 29.1 Å². The molecule has 1 heterocycles. The Morgan fingerprint density at radius 3 is 1.81 bits per heavy atom. The summed E-state index contributed by atoms with van der Waals surface area (Å²) in [5.41, 5.74) is -0.0248. The van der Waals surface area contributed by atoms with Crippen LogP contribution in [0.15, 0.2) is 0 Å². The molecule has 0 unspecified atom stereocenters. The van der Waals surface area contributed by atoms with Crippen LogP contribution in [0.3, 0.4) is 0 Å². The van der Waals surface area contributed by atoms with Crippen LogP contribution in [-0.2, 0) is 9.59 Å². The predicted molar refractivity (Wildman–Crippen MR) is 105 cm³/mol. The predicted octanol–water partition coefficient (Wildman–Crippen LogP) is 3.84. The number of carbonyl (C=O) groups is 2. The quantitative estimate of drug-likeness (QED) is 0.755. The standard InChI is InChI=1S/C23H36N2O2/c26-21(13-17-4-2-1-3-5-17)24-6-8-25(9-7-24)22(27)23-14-18-10-19(15-23)12-20(11-18)16-23/h17-20H,1-16H2. The summed E-state index contributed by atoms with van der Waals surface area (Å²) in [5, 5.41) is 0. The van der Waals surface area contributed by atoms with E-state index in [4.69, 9.17) is 0 Å². The molecule has 5 saturated carbocycles. The van der Waals surface area contributed by atoms with Gasteiger partial charge in [0.05, 0.1) is 5.41 Å². The SMILES string of the molecule is O=C(CC1CCCCC1)N1CCN(C(=O)C23CC4CC(CC(C4)C2)C3)CC1. The molecule has 6 aliphatic rings. The van der Waals surface area contributed by atoms with Crippen molar-refractivity contribution in [3.05, 3.63) is 0 Å². The minimum Gasteiger partial charge on any atom is -0.339 e. The summed E-state index contributed by atoms with van der Waals surface area (Å²) in [6.45, 7) is 3.03. The van der Waals surface area contributed by atoms with E-state index in [9.17, 15) is 9.59 Å². The highest BCUT2D eigenvalue weighted by molar-refractivity contribution is 5.84. The molecule has 0 aromatic carbocycles. The second-order valence-electron chi connectivity index (χ2n) is 10.6. The third-order valence-corrected chi connectivity index (χ3v) is 8.60. The van der Waals surface area contributed by atoms with Crippen LogP contribution in [0.25, 0.3) is 0 Å². The molecule has 1 saturated heterocycles.